The largest absolute Gasteiger partial charge is 0.497 e. The molecule has 232 valence electrons. The lowest BCUT2D eigenvalue weighted by molar-refractivity contribution is -0.198. The van der Waals surface area contributed by atoms with E-state index < -0.39 is 30.2 Å². The Labute approximate surface area is 256 Å². The molecule has 13 heteroatoms. The van der Waals surface area contributed by atoms with Gasteiger partial charge in [0.05, 0.1) is 24.2 Å². The molecule has 0 radical (unpaired) electrons. The molecule has 2 heterocycles. The summed E-state index contributed by atoms with van der Waals surface area (Å²) in [6.45, 7) is 1.73. The number of rotatable bonds is 10. The molecule has 0 aliphatic heterocycles. The molecule has 1 unspecified atom stereocenters. The number of anilines is 1. The summed E-state index contributed by atoms with van der Waals surface area (Å²) in [6, 6.07) is 20.1. The first kappa shape index (κ1) is 31.0. The van der Waals surface area contributed by atoms with Crippen LogP contribution in [0.15, 0.2) is 85.1 Å². The van der Waals surface area contributed by atoms with Crippen molar-refractivity contribution >= 4 is 11.9 Å². The Balaban J connectivity index is 1.53. The van der Waals surface area contributed by atoms with Gasteiger partial charge in [-0.3, -0.25) is 4.79 Å². The third-order valence-electron chi connectivity index (χ3n) is 6.96. The zero-order valence-electron chi connectivity index (χ0n) is 24.2. The minimum atomic E-state index is -4.86. The van der Waals surface area contributed by atoms with Crippen molar-refractivity contribution in [3.63, 3.8) is 0 Å². The van der Waals surface area contributed by atoms with Gasteiger partial charge in [0.1, 0.15) is 11.8 Å². The van der Waals surface area contributed by atoms with Crippen molar-refractivity contribution in [1.29, 1.82) is 0 Å². The fourth-order valence-corrected chi connectivity index (χ4v) is 4.73. The van der Waals surface area contributed by atoms with Crippen molar-refractivity contribution in [2.24, 2.45) is 5.73 Å². The van der Waals surface area contributed by atoms with Crippen LogP contribution in [0.5, 0.6) is 11.6 Å². The zero-order valence-corrected chi connectivity index (χ0v) is 24.2. The summed E-state index contributed by atoms with van der Waals surface area (Å²) < 4.78 is 56.5. The second-order valence-corrected chi connectivity index (χ2v) is 10.2. The molecule has 0 saturated carbocycles. The molecule has 5 aromatic rings. The number of hydrogen-bond acceptors (Lipinski definition) is 8. The summed E-state index contributed by atoms with van der Waals surface area (Å²) in [5.41, 5.74) is 14.8. The van der Waals surface area contributed by atoms with Crippen molar-refractivity contribution in [2.75, 3.05) is 12.8 Å². The Hall–Kier alpha value is -5.43. The number of ether oxygens (including phenoxy) is 2. The first-order valence-corrected chi connectivity index (χ1v) is 13.7. The number of aromatic nitrogens is 4. The molecule has 2 aromatic heterocycles. The fourth-order valence-electron chi connectivity index (χ4n) is 4.73. The van der Waals surface area contributed by atoms with Crippen LogP contribution in [0.4, 0.5) is 19.1 Å². The Kier molecular flexibility index (Phi) is 8.73. The van der Waals surface area contributed by atoms with Gasteiger partial charge in [-0.2, -0.15) is 23.3 Å². The summed E-state index contributed by atoms with van der Waals surface area (Å²) in [6.07, 6.45) is -5.64. The Bertz CT molecular complexity index is 1820. The Morgan fingerprint density at radius 3 is 2.33 bits per heavy atom. The predicted octanol–water partition coefficient (Wildman–Crippen LogP) is 5.53. The zero-order chi connectivity index (χ0) is 32.3. The Morgan fingerprint density at radius 2 is 1.69 bits per heavy atom. The van der Waals surface area contributed by atoms with E-state index in [4.69, 9.17) is 26.0 Å². The standard InChI is InChI=1S/C32H29F3N6O4/c1-18-12-13-41(40-18)27-16-22(21-4-3-5-23(15-21)44-2)10-11-24(27)29(32(33,34)35)45-28-17-26(38-31(37)39-28)20-8-6-19(7-9-20)14-25(36)30(42)43/h3-13,15-17,25,29H,14,36H2,1-2H3,(H,42,43)(H2,37,38,39)/t25-,29?/m0/s1. The lowest BCUT2D eigenvalue weighted by atomic mass is 9.99. The molecule has 0 fully saturated rings. The van der Waals surface area contributed by atoms with E-state index in [1.54, 1.807) is 73.8 Å². The van der Waals surface area contributed by atoms with Gasteiger partial charge >= 0.3 is 12.1 Å². The smallest absolute Gasteiger partial charge is 0.429 e. The van der Waals surface area contributed by atoms with Gasteiger partial charge < -0.3 is 26.0 Å². The van der Waals surface area contributed by atoms with Gasteiger partial charge in [0, 0.05) is 23.4 Å². The van der Waals surface area contributed by atoms with E-state index in [9.17, 15) is 18.0 Å². The van der Waals surface area contributed by atoms with E-state index in [0.29, 0.717) is 28.1 Å². The fraction of sp³-hybridized carbons (Fsp3) is 0.188. The van der Waals surface area contributed by atoms with Crippen molar-refractivity contribution in [3.8, 4) is 39.7 Å². The van der Waals surface area contributed by atoms with E-state index in [1.165, 1.54) is 23.9 Å². The van der Waals surface area contributed by atoms with Crippen LogP contribution >= 0.6 is 0 Å². The first-order chi connectivity index (χ1) is 21.4. The summed E-state index contributed by atoms with van der Waals surface area (Å²) in [4.78, 5) is 19.2. The van der Waals surface area contributed by atoms with E-state index in [1.807, 2.05) is 6.07 Å². The molecule has 0 amide bonds. The monoisotopic (exact) mass is 618 g/mol. The molecule has 5 N–H and O–H groups in total. The van der Waals surface area contributed by atoms with E-state index in [2.05, 4.69) is 15.1 Å². The predicted molar refractivity (Wildman–Crippen MR) is 161 cm³/mol. The molecule has 10 nitrogen and oxygen atoms in total. The van der Waals surface area contributed by atoms with Crippen LogP contribution in [0, 0.1) is 6.92 Å². The average Bonchev–Trinajstić information content (AvgIpc) is 3.45. The number of carboxylic acids is 1. The van der Waals surface area contributed by atoms with Crippen molar-refractivity contribution in [2.45, 2.75) is 31.7 Å². The third kappa shape index (κ3) is 7.21. The van der Waals surface area contributed by atoms with Gasteiger partial charge in [0.15, 0.2) is 0 Å². The lowest BCUT2D eigenvalue weighted by Gasteiger charge is -2.24. The average molecular weight is 619 g/mol. The minimum absolute atomic E-state index is 0.0951. The number of carboxylic acid groups (broad SMARTS) is 1. The highest BCUT2D eigenvalue weighted by molar-refractivity contribution is 5.73. The number of hydrogen-bond donors (Lipinski definition) is 3. The van der Waals surface area contributed by atoms with Crippen LogP contribution in [0.2, 0.25) is 0 Å². The SMILES string of the molecule is COc1cccc(-c2ccc(C(Oc3cc(-c4ccc(C[C@H](N)C(=O)O)cc4)nc(N)n3)C(F)(F)F)c(-n3ccc(C)n3)c2)c1. The van der Waals surface area contributed by atoms with Crippen molar-refractivity contribution in [1.82, 2.24) is 19.7 Å². The number of halogens is 3. The van der Waals surface area contributed by atoms with Gasteiger partial charge in [-0.15, -0.1) is 0 Å². The van der Waals surface area contributed by atoms with Crippen LogP contribution in [0.1, 0.15) is 22.9 Å². The van der Waals surface area contributed by atoms with Crippen LogP contribution in [0.25, 0.3) is 28.1 Å². The number of aliphatic carboxylic acids is 1. The van der Waals surface area contributed by atoms with E-state index in [0.717, 1.165) is 5.56 Å². The summed E-state index contributed by atoms with van der Waals surface area (Å²) in [7, 11) is 1.53. The highest BCUT2D eigenvalue weighted by Gasteiger charge is 2.45. The molecule has 0 aliphatic rings. The second kappa shape index (κ2) is 12.7. The van der Waals surface area contributed by atoms with Gasteiger partial charge in [-0.25, -0.2) is 9.67 Å². The number of methoxy groups -OCH3 is 1. The maximum Gasteiger partial charge on any atom is 0.429 e. The number of nitrogens with zero attached hydrogens (tertiary/aromatic N) is 4. The van der Waals surface area contributed by atoms with Gasteiger partial charge in [-0.1, -0.05) is 48.5 Å². The van der Waals surface area contributed by atoms with Gasteiger partial charge in [-0.05, 0) is 54.3 Å². The van der Waals surface area contributed by atoms with Crippen molar-refractivity contribution < 1.29 is 32.5 Å². The third-order valence-corrected chi connectivity index (χ3v) is 6.96. The van der Waals surface area contributed by atoms with E-state index >= 15 is 0 Å². The normalized spacial score (nSPS) is 12.8. The van der Waals surface area contributed by atoms with Crippen LogP contribution in [-0.2, 0) is 11.2 Å². The number of benzene rings is 3. The summed E-state index contributed by atoms with van der Waals surface area (Å²) in [5.74, 6) is -1.22. The van der Waals surface area contributed by atoms with Gasteiger partial charge in [0.25, 0.3) is 0 Å². The molecular weight excluding hydrogens is 589 g/mol. The number of carbonyl (C=O) groups is 1. The number of alkyl halides is 3. The first-order valence-electron chi connectivity index (χ1n) is 13.7. The number of nitrogens with two attached hydrogens (primary N) is 2. The molecule has 0 bridgehead atoms. The minimum Gasteiger partial charge on any atom is -0.497 e. The molecule has 3 aromatic carbocycles. The second-order valence-electron chi connectivity index (χ2n) is 10.2. The summed E-state index contributed by atoms with van der Waals surface area (Å²) in [5, 5.41) is 13.4. The lowest BCUT2D eigenvalue weighted by Crippen LogP contribution is -2.32. The maximum atomic E-state index is 14.7. The van der Waals surface area contributed by atoms with Crippen LogP contribution in [-0.4, -0.2) is 50.2 Å². The maximum absolute atomic E-state index is 14.7. The molecular formula is C32H29F3N6O4. The van der Waals surface area contributed by atoms with E-state index in [-0.39, 0.29) is 29.3 Å². The molecule has 0 aliphatic carbocycles. The quantitative estimate of drug-likeness (QED) is 0.183. The topological polar surface area (TPSA) is 151 Å². The van der Waals surface area contributed by atoms with Gasteiger partial charge in [0.2, 0.25) is 17.9 Å². The molecule has 0 spiro atoms. The molecule has 5 rings (SSSR count). The van der Waals surface area contributed by atoms with Crippen LogP contribution < -0.4 is 20.9 Å². The number of nitrogen functional groups attached to an aromatic ring is 1. The highest BCUT2D eigenvalue weighted by atomic mass is 19.4. The molecule has 0 saturated heterocycles. The summed E-state index contributed by atoms with van der Waals surface area (Å²) >= 11 is 0. The molecule has 2 atom stereocenters. The van der Waals surface area contributed by atoms with Crippen LogP contribution in [0.3, 0.4) is 0 Å². The Morgan fingerprint density at radius 1 is 0.978 bits per heavy atom. The highest BCUT2D eigenvalue weighted by Crippen LogP contribution is 2.41. The number of aryl methyl sites for hydroxylation is 1. The van der Waals surface area contributed by atoms with Crippen molar-refractivity contribution in [3.05, 3.63) is 102 Å². The molecule has 45 heavy (non-hydrogen) atoms.